The van der Waals surface area contributed by atoms with E-state index in [-0.39, 0.29) is 0 Å². The molecule has 3 nitrogen and oxygen atoms in total. The minimum Gasteiger partial charge on any atom is -0.333 e. The van der Waals surface area contributed by atoms with Gasteiger partial charge in [0.1, 0.15) is 0 Å². The first-order valence-corrected chi connectivity index (χ1v) is 7.02. The maximum atomic E-state index is 4.40. The molecule has 0 atom stereocenters. The zero-order valence-corrected chi connectivity index (χ0v) is 11.1. The summed E-state index contributed by atoms with van der Waals surface area (Å²) in [5.74, 6) is 0.893. The van der Waals surface area contributed by atoms with Crippen LogP contribution in [0.3, 0.4) is 0 Å². The number of nitrogens with zero attached hydrogens (tertiary/aromatic N) is 2. The average molecular weight is 267 g/mol. The normalized spacial score (nSPS) is 10.5. The van der Waals surface area contributed by atoms with E-state index in [9.17, 15) is 0 Å². The zero-order valence-electron chi connectivity index (χ0n) is 10.3. The van der Waals surface area contributed by atoms with Gasteiger partial charge in [-0.25, -0.2) is 4.98 Å². The quantitative estimate of drug-likeness (QED) is 0.732. The number of hydrogen-bond donors (Lipinski definition) is 1. The van der Waals surface area contributed by atoms with Crippen LogP contribution < -0.4 is 0 Å². The van der Waals surface area contributed by atoms with Gasteiger partial charge in [-0.2, -0.15) is 0 Å². The first-order chi connectivity index (χ1) is 9.42. The fourth-order valence-corrected chi connectivity index (χ4v) is 2.58. The molecule has 3 rings (SSSR count). The van der Waals surface area contributed by atoms with Crippen molar-refractivity contribution >= 4 is 11.8 Å². The molecule has 2 heterocycles. The van der Waals surface area contributed by atoms with Crippen LogP contribution in [0.25, 0.3) is 11.3 Å². The van der Waals surface area contributed by atoms with Crippen LogP contribution in [-0.2, 0) is 5.75 Å². The second kappa shape index (κ2) is 5.71. The standard InChI is InChI=1S/C15H13N3S/c1-2-4-13(5-3-1)14-10-17-15(18-14)19-11-12-6-8-16-9-7-12/h1-10H,11H2,(H,17,18). The molecule has 0 bridgehead atoms. The van der Waals surface area contributed by atoms with Crippen molar-refractivity contribution in [2.75, 3.05) is 0 Å². The monoisotopic (exact) mass is 267 g/mol. The molecule has 19 heavy (non-hydrogen) atoms. The summed E-state index contributed by atoms with van der Waals surface area (Å²) in [4.78, 5) is 11.7. The summed E-state index contributed by atoms with van der Waals surface area (Å²) in [6.45, 7) is 0. The highest BCUT2D eigenvalue weighted by molar-refractivity contribution is 7.98. The molecule has 0 unspecified atom stereocenters. The summed E-state index contributed by atoms with van der Waals surface area (Å²) in [5.41, 5.74) is 3.46. The molecule has 0 radical (unpaired) electrons. The van der Waals surface area contributed by atoms with Gasteiger partial charge < -0.3 is 4.98 Å². The van der Waals surface area contributed by atoms with Gasteiger partial charge in [0.05, 0.1) is 11.9 Å². The molecule has 0 aliphatic rings. The molecule has 1 N–H and O–H groups in total. The van der Waals surface area contributed by atoms with Gasteiger partial charge in [-0.1, -0.05) is 42.1 Å². The van der Waals surface area contributed by atoms with E-state index in [2.05, 4.69) is 27.1 Å². The van der Waals surface area contributed by atoms with E-state index in [1.54, 1.807) is 11.8 Å². The van der Waals surface area contributed by atoms with E-state index in [1.165, 1.54) is 5.56 Å². The lowest BCUT2D eigenvalue weighted by Gasteiger charge is -1.98. The lowest BCUT2D eigenvalue weighted by molar-refractivity contribution is 1.06. The van der Waals surface area contributed by atoms with Crippen LogP contribution in [0.2, 0.25) is 0 Å². The number of aromatic amines is 1. The fourth-order valence-electron chi connectivity index (χ4n) is 1.77. The van der Waals surface area contributed by atoms with Crippen LogP contribution in [0, 0.1) is 0 Å². The van der Waals surface area contributed by atoms with Crippen molar-refractivity contribution in [1.82, 2.24) is 15.0 Å². The molecule has 0 spiro atoms. The Labute approximate surface area is 116 Å². The van der Waals surface area contributed by atoms with Crippen molar-refractivity contribution in [3.8, 4) is 11.3 Å². The van der Waals surface area contributed by atoms with Crippen molar-refractivity contribution in [2.45, 2.75) is 10.9 Å². The molecule has 0 amide bonds. The molecular weight excluding hydrogens is 254 g/mol. The van der Waals surface area contributed by atoms with E-state index in [4.69, 9.17) is 0 Å². The summed E-state index contributed by atoms with van der Waals surface area (Å²) < 4.78 is 0. The van der Waals surface area contributed by atoms with Crippen LogP contribution in [0.15, 0.2) is 66.2 Å². The fraction of sp³-hybridized carbons (Fsp3) is 0.0667. The molecule has 0 saturated carbocycles. The number of rotatable bonds is 4. The molecule has 2 aromatic heterocycles. The van der Waals surface area contributed by atoms with Crippen molar-refractivity contribution in [3.63, 3.8) is 0 Å². The molecule has 94 valence electrons. The Balaban J connectivity index is 1.69. The Kier molecular flexibility index (Phi) is 3.61. The molecule has 4 heteroatoms. The number of hydrogen-bond acceptors (Lipinski definition) is 3. The van der Waals surface area contributed by atoms with Crippen molar-refractivity contribution in [1.29, 1.82) is 0 Å². The largest absolute Gasteiger partial charge is 0.333 e. The minimum absolute atomic E-state index is 0.893. The summed E-state index contributed by atoms with van der Waals surface area (Å²) in [7, 11) is 0. The van der Waals surface area contributed by atoms with Gasteiger partial charge >= 0.3 is 0 Å². The molecule has 1 aromatic carbocycles. The van der Waals surface area contributed by atoms with Crippen LogP contribution in [0.5, 0.6) is 0 Å². The summed E-state index contributed by atoms with van der Waals surface area (Å²) >= 11 is 1.69. The number of thioether (sulfide) groups is 1. The van der Waals surface area contributed by atoms with E-state index < -0.39 is 0 Å². The van der Waals surface area contributed by atoms with E-state index >= 15 is 0 Å². The summed E-state index contributed by atoms with van der Waals surface area (Å²) in [6.07, 6.45) is 5.51. The number of H-pyrrole nitrogens is 1. The maximum absolute atomic E-state index is 4.40. The highest BCUT2D eigenvalue weighted by Crippen LogP contribution is 2.23. The van der Waals surface area contributed by atoms with Crippen LogP contribution in [0.4, 0.5) is 0 Å². The number of pyridine rings is 1. The van der Waals surface area contributed by atoms with E-state index in [1.807, 2.05) is 48.9 Å². The summed E-state index contributed by atoms with van der Waals surface area (Å²) in [5, 5.41) is 0.940. The average Bonchev–Trinajstić information content (AvgIpc) is 2.96. The van der Waals surface area contributed by atoms with Gasteiger partial charge in [0.25, 0.3) is 0 Å². The van der Waals surface area contributed by atoms with Gasteiger partial charge in [-0.05, 0) is 23.3 Å². The maximum Gasteiger partial charge on any atom is 0.166 e. The number of aromatic nitrogens is 3. The topological polar surface area (TPSA) is 41.6 Å². The van der Waals surface area contributed by atoms with Gasteiger partial charge in [-0.15, -0.1) is 0 Å². The third-order valence-electron chi connectivity index (χ3n) is 2.76. The van der Waals surface area contributed by atoms with Crippen LogP contribution >= 0.6 is 11.8 Å². The molecule has 0 saturated heterocycles. The molecule has 0 aliphatic heterocycles. The van der Waals surface area contributed by atoms with E-state index in [0.29, 0.717) is 0 Å². The van der Waals surface area contributed by atoms with Gasteiger partial charge in [0.2, 0.25) is 0 Å². The predicted octanol–water partition coefficient (Wildman–Crippen LogP) is 3.76. The van der Waals surface area contributed by atoms with Crippen LogP contribution in [-0.4, -0.2) is 15.0 Å². The Hall–Kier alpha value is -2.07. The zero-order chi connectivity index (χ0) is 12.9. The first-order valence-electron chi connectivity index (χ1n) is 6.04. The molecular formula is C15H13N3S. The molecule has 0 fully saturated rings. The highest BCUT2D eigenvalue weighted by Gasteiger charge is 2.03. The number of imidazole rings is 1. The third-order valence-corrected chi connectivity index (χ3v) is 3.72. The Bertz CT molecular complexity index is 635. The Morgan fingerprint density at radius 3 is 2.58 bits per heavy atom. The lowest BCUT2D eigenvalue weighted by Crippen LogP contribution is -1.82. The van der Waals surface area contributed by atoms with Gasteiger partial charge in [-0.3, -0.25) is 4.98 Å². The highest BCUT2D eigenvalue weighted by atomic mass is 32.2. The summed E-state index contributed by atoms with van der Waals surface area (Å²) in [6, 6.07) is 14.3. The van der Waals surface area contributed by atoms with Crippen molar-refractivity contribution < 1.29 is 0 Å². The van der Waals surface area contributed by atoms with Crippen molar-refractivity contribution in [2.24, 2.45) is 0 Å². The molecule has 0 aliphatic carbocycles. The van der Waals surface area contributed by atoms with Gasteiger partial charge in [0.15, 0.2) is 5.16 Å². The van der Waals surface area contributed by atoms with Crippen molar-refractivity contribution in [3.05, 3.63) is 66.6 Å². The Morgan fingerprint density at radius 2 is 1.79 bits per heavy atom. The lowest BCUT2D eigenvalue weighted by atomic mass is 10.2. The Morgan fingerprint density at radius 1 is 1.00 bits per heavy atom. The third kappa shape index (κ3) is 3.03. The second-order valence-electron chi connectivity index (χ2n) is 4.11. The first kappa shape index (κ1) is 12.0. The van der Waals surface area contributed by atoms with Crippen LogP contribution in [0.1, 0.15) is 5.56 Å². The molecule has 3 aromatic rings. The van der Waals surface area contributed by atoms with Gasteiger partial charge in [0, 0.05) is 18.1 Å². The SMILES string of the molecule is c1ccc(-c2cnc(SCc3ccncc3)[nH]2)cc1. The predicted molar refractivity (Wildman–Crippen MR) is 77.8 cm³/mol. The minimum atomic E-state index is 0.893. The van der Waals surface area contributed by atoms with E-state index in [0.717, 1.165) is 22.2 Å². The smallest absolute Gasteiger partial charge is 0.166 e. The number of nitrogens with one attached hydrogen (secondary N) is 1. The number of benzene rings is 1. The second-order valence-corrected chi connectivity index (χ2v) is 5.08.